The number of hydrogen-bond donors (Lipinski definition) is 0. The Kier molecular flexibility index (Phi) is 97.8. The molecule has 0 N–H and O–H groups in total. The van der Waals surface area contributed by atoms with E-state index < -0.39 is 0 Å². The van der Waals surface area contributed by atoms with Crippen molar-refractivity contribution < 1.29 is 9.47 Å². The number of para-hydroxylation sites is 2. The van der Waals surface area contributed by atoms with E-state index in [0.29, 0.717) is 5.41 Å². The lowest BCUT2D eigenvalue weighted by Gasteiger charge is -2.24. The maximum absolute atomic E-state index is 4.91. The third kappa shape index (κ3) is 95.3. The molecule has 98 heavy (non-hydrogen) atoms. The molecule has 2 aromatic carbocycles. The van der Waals surface area contributed by atoms with Gasteiger partial charge in [-0.15, -0.1) is 0 Å². The number of rotatable bonds is 64. The molecule has 0 aliphatic carbocycles. The maximum Gasteiger partial charge on any atom is 0.118 e. The minimum absolute atomic E-state index is 0. The van der Waals surface area contributed by atoms with Crippen molar-refractivity contribution in [3.05, 3.63) is 96.1 Å². The number of methoxy groups -OCH3 is 2. The fourth-order valence-electron chi connectivity index (χ4n) is 12.6. The summed E-state index contributed by atoms with van der Waals surface area (Å²) in [6.07, 6.45) is 92.7. The zero-order chi connectivity index (χ0) is 72.1. The van der Waals surface area contributed by atoms with E-state index in [-0.39, 0.29) is 7.43 Å². The quantitative estimate of drug-likeness (QED) is 0.0485. The van der Waals surface area contributed by atoms with Gasteiger partial charge in [0.15, 0.2) is 0 Å². The van der Waals surface area contributed by atoms with Crippen molar-refractivity contribution in [1.29, 1.82) is 0 Å². The first-order chi connectivity index (χ1) is 47.4. The Morgan fingerprint density at radius 1 is 0.286 bits per heavy atom. The molecule has 0 saturated carbocycles. The Balaban J connectivity index is -0.000000362. The third-order valence-electron chi connectivity index (χ3n) is 19.6. The van der Waals surface area contributed by atoms with E-state index in [0.717, 1.165) is 11.5 Å². The highest BCUT2D eigenvalue weighted by atomic mass is 16.5. The Morgan fingerprint density at radius 2 is 0.480 bits per heavy atom. The van der Waals surface area contributed by atoms with E-state index in [1.54, 1.807) is 25.4 Å². The van der Waals surface area contributed by atoms with Crippen molar-refractivity contribution in [1.82, 2.24) is 0 Å². The molecule has 0 amide bonds. The summed E-state index contributed by atoms with van der Waals surface area (Å²) >= 11 is 0. The third-order valence-corrected chi connectivity index (χ3v) is 19.6. The van der Waals surface area contributed by atoms with Crippen LogP contribution >= 0.6 is 0 Å². The molecular formula is C96H184O2. The van der Waals surface area contributed by atoms with Crippen molar-refractivity contribution in [2.24, 2.45) is 5.41 Å². The van der Waals surface area contributed by atoms with Gasteiger partial charge < -0.3 is 9.47 Å². The minimum Gasteiger partial charge on any atom is -0.497 e. The second-order valence-corrected chi connectivity index (χ2v) is 30.4. The molecule has 0 unspecified atom stereocenters. The molecule has 0 aromatic heterocycles. The normalized spacial score (nSPS) is 11.1. The van der Waals surface area contributed by atoms with Crippen LogP contribution in [-0.2, 0) is 0 Å². The van der Waals surface area contributed by atoms with Gasteiger partial charge in [-0.05, 0) is 133 Å². The number of benzene rings is 2. The molecule has 2 aromatic rings. The lowest BCUT2D eigenvalue weighted by Crippen LogP contribution is -2.11. The second kappa shape index (κ2) is 92.3. The van der Waals surface area contributed by atoms with Gasteiger partial charge in [0.2, 0.25) is 0 Å². The van der Waals surface area contributed by atoms with Gasteiger partial charge in [0.05, 0.1) is 14.2 Å². The highest BCUT2D eigenvalue weighted by Gasteiger charge is 2.16. The first kappa shape index (κ1) is 104. The molecule has 0 aliphatic rings. The number of ether oxygens (including phenoxy) is 2. The monoisotopic (exact) mass is 1370 g/mol. The fraction of sp³-hybridized carbons (Fsp3) is 0.812. The second-order valence-electron chi connectivity index (χ2n) is 30.4. The summed E-state index contributed by atoms with van der Waals surface area (Å²) in [5, 5.41) is 0. The fourth-order valence-corrected chi connectivity index (χ4v) is 12.6. The van der Waals surface area contributed by atoms with Crippen LogP contribution in [0.5, 0.6) is 11.5 Å². The molecule has 0 aliphatic heterocycles. The summed E-state index contributed by atoms with van der Waals surface area (Å²) in [7, 11) is 3.32. The average Bonchev–Trinajstić information content (AvgIpc) is 1.83. The Labute approximate surface area is 621 Å². The van der Waals surface area contributed by atoms with Crippen LogP contribution in [0, 0.1) is 5.41 Å². The average molecular weight is 1370 g/mol. The number of hydrogen-bond acceptors (Lipinski definition) is 2. The molecule has 2 nitrogen and oxygen atoms in total. The van der Waals surface area contributed by atoms with Crippen molar-refractivity contribution in [3.8, 4) is 11.5 Å². The lowest BCUT2D eigenvalue weighted by molar-refractivity contribution is 0.282. The van der Waals surface area contributed by atoms with Gasteiger partial charge in [-0.25, -0.2) is 0 Å². The zero-order valence-electron chi connectivity index (χ0n) is 69.3. The van der Waals surface area contributed by atoms with Crippen LogP contribution in [0.15, 0.2) is 96.1 Å². The SMILES string of the molecule is C.C=C(CCCCCCCC)CCCCCCCCCC.CCCCCCC/C=C(/C)CCCCCCCCCC.CCCCCCCCC/C=C(/C)CCCCCCCC.CCCCCCCCCCC(C)(C)CCCCCCCC.COc1ccccc1.COc1ccccc1. The molecule has 0 radical (unpaired) electrons. The molecule has 0 heterocycles. The zero-order valence-corrected chi connectivity index (χ0v) is 69.3. The highest BCUT2D eigenvalue weighted by Crippen LogP contribution is 2.31. The van der Waals surface area contributed by atoms with Gasteiger partial charge in [-0.3, -0.25) is 0 Å². The van der Waals surface area contributed by atoms with E-state index in [1.165, 1.54) is 404 Å². The van der Waals surface area contributed by atoms with Crippen LogP contribution < -0.4 is 9.47 Å². The van der Waals surface area contributed by atoms with Crippen LogP contribution in [0.1, 0.15) is 489 Å². The molecule has 0 atom stereocenters. The molecule has 0 spiro atoms. The standard InChI is InChI=1S/C21H44.3C20H40.2C7H8O.CH4/c1-5-7-9-11-13-14-16-18-20-21(3,4)19-17-15-12-10-8-6-2;3*1-4-6-8-10-12-13-15-17-19-20(3)18-16-14-11-9-7-5-2;2*1-8-7-5-3-2-4-6-7;/h5-20H2,1-4H3;19H,4-18H2,1-3H3;18H,4-17,19H2,1-3H3;3-19H2,1-2H3;2*2-6H,1H3;1H4/b;20-19-;20-18-;;;;. The van der Waals surface area contributed by atoms with Gasteiger partial charge >= 0.3 is 0 Å². The molecule has 0 bridgehead atoms. The maximum atomic E-state index is 4.91. The summed E-state index contributed by atoms with van der Waals surface area (Å²) in [5.41, 5.74) is 5.36. The van der Waals surface area contributed by atoms with E-state index in [2.05, 4.69) is 102 Å². The van der Waals surface area contributed by atoms with Crippen molar-refractivity contribution >= 4 is 0 Å². The topological polar surface area (TPSA) is 18.5 Å². The first-order valence-corrected chi connectivity index (χ1v) is 43.6. The van der Waals surface area contributed by atoms with Crippen molar-refractivity contribution in [2.45, 2.75) is 489 Å². The molecule has 0 fully saturated rings. The Bertz CT molecular complexity index is 1710. The summed E-state index contributed by atoms with van der Waals surface area (Å²) in [4.78, 5) is 0. The first-order valence-electron chi connectivity index (χ1n) is 43.6. The van der Waals surface area contributed by atoms with Crippen LogP contribution in [0.25, 0.3) is 0 Å². The summed E-state index contributed by atoms with van der Waals surface area (Å²) in [5.74, 6) is 1.82. The smallest absolute Gasteiger partial charge is 0.118 e. The predicted octanol–water partition coefficient (Wildman–Crippen LogP) is 35.8. The molecule has 0 saturated heterocycles. The number of allylic oxidation sites excluding steroid dienone is 5. The van der Waals surface area contributed by atoms with E-state index in [9.17, 15) is 0 Å². The van der Waals surface area contributed by atoms with Gasteiger partial charge in [-0.2, -0.15) is 0 Å². The lowest BCUT2D eigenvalue weighted by atomic mass is 9.82. The minimum atomic E-state index is 0. The predicted molar refractivity (Wildman–Crippen MR) is 455 cm³/mol. The Morgan fingerprint density at radius 3 is 0.694 bits per heavy atom. The van der Waals surface area contributed by atoms with Gasteiger partial charge in [-0.1, -0.05) is 457 Å². The largest absolute Gasteiger partial charge is 0.497 e. The highest BCUT2D eigenvalue weighted by molar-refractivity contribution is 5.21. The van der Waals surface area contributed by atoms with Gasteiger partial charge in [0.25, 0.3) is 0 Å². The summed E-state index contributed by atoms with van der Waals surface area (Å²) in [6, 6.07) is 19.4. The van der Waals surface area contributed by atoms with Gasteiger partial charge in [0.1, 0.15) is 11.5 Å². The van der Waals surface area contributed by atoms with Crippen LogP contribution in [0.3, 0.4) is 0 Å². The van der Waals surface area contributed by atoms with Crippen molar-refractivity contribution in [2.75, 3.05) is 14.2 Å². The van der Waals surface area contributed by atoms with Crippen molar-refractivity contribution in [3.63, 3.8) is 0 Å². The Hall–Kier alpha value is -2.74. The van der Waals surface area contributed by atoms with E-state index in [1.807, 2.05) is 60.7 Å². The van der Waals surface area contributed by atoms with E-state index in [4.69, 9.17) is 9.47 Å². The number of unbranched alkanes of at least 4 members (excludes halogenated alkanes) is 48. The van der Waals surface area contributed by atoms with E-state index >= 15 is 0 Å². The molecule has 2 rings (SSSR count). The van der Waals surface area contributed by atoms with Crippen LogP contribution in [0.4, 0.5) is 0 Å². The molecule has 2 heteroatoms. The van der Waals surface area contributed by atoms with Crippen LogP contribution in [0.2, 0.25) is 0 Å². The van der Waals surface area contributed by atoms with Gasteiger partial charge in [0, 0.05) is 0 Å². The van der Waals surface area contributed by atoms with Crippen LogP contribution in [-0.4, -0.2) is 14.2 Å². The summed E-state index contributed by atoms with van der Waals surface area (Å²) in [6.45, 7) is 32.2. The molecule has 580 valence electrons. The summed E-state index contributed by atoms with van der Waals surface area (Å²) < 4.78 is 9.83. The molecular weight excluding hydrogens is 1190 g/mol.